The molecule has 0 aliphatic carbocycles. The Labute approximate surface area is 88.1 Å². The summed E-state index contributed by atoms with van der Waals surface area (Å²) in [4.78, 5) is 0. The lowest BCUT2D eigenvalue weighted by molar-refractivity contribution is 0.586. The van der Waals surface area contributed by atoms with Gasteiger partial charge in [0, 0.05) is 19.8 Å². The topological polar surface area (TPSA) is 64.0 Å². The van der Waals surface area contributed by atoms with Crippen molar-refractivity contribution in [3.05, 3.63) is 18.0 Å². The summed E-state index contributed by atoms with van der Waals surface area (Å²) >= 11 is 5.21. The van der Waals surface area contributed by atoms with E-state index in [0.29, 0.717) is 13.0 Å². The second-order valence-corrected chi connectivity index (χ2v) is 5.28. The first-order valence-electron chi connectivity index (χ1n) is 4.04. The van der Waals surface area contributed by atoms with Crippen LogP contribution in [0.5, 0.6) is 0 Å². The number of hydrogen-bond acceptors (Lipinski definition) is 3. The van der Waals surface area contributed by atoms with Gasteiger partial charge in [-0.1, -0.05) is 0 Å². The zero-order chi connectivity index (χ0) is 10.6. The molecule has 0 amide bonds. The first kappa shape index (κ1) is 11.5. The highest BCUT2D eigenvalue weighted by Crippen LogP contribution is 1.97. The number of hydrogen-bond donors (Lipinski definition) is 1. The van der Waals surface area contributed by atoms with Crippen LogP contribution in [0, 0.1) is 0 Å². The van der Waals surface area contributed by atoms with Crippen LogP contribution < -0.4 is 4.72 Å². The van der Waals surface area contributed by atoms with Gasteiger partial charge in [0.25, 0.3) is 0 Å². The summed E-state index contributed by atoms with van der Waals surface area (Å²) in [5.41, 5.74) is 0.991. The van der Waals surface area contributed by atoms with E-state index < -0.39 is 15.2 Å². The minimum atomic E-state index is -3.29. The Balaban J connectivity index is 2.36. The third-order valence-electron chi connectivity index (χ3n) is 1.64. The number of nitrogens with zero attached hydrogens (tertiary/aromatic N) is 2. The molecule has 1 heterocycles. The van der Waals surface area contributed by atoms with Crippen LogP contribution in [0.2, 0.25) is 0 Å². The van der Waals surface area contributed by atoms with Gasteiger partial charge in [0.05, 0.1) is 6.20 Å². The lowest BCUT2D eigenvalue weighted by atomic mass is 10.3. The number of rotatable bonds is 5. The Hall–Kier alpha value is -0.590. The van der Waals surface area contributed by atoms with E-state index in [1.807, 2.05) is 13.2 Å². The molecule has 1 rings (SSSR count). The molecular weight excluding hydrogens is 226 g/mol. The smallest absolute Gasteiger partial charge is 0.225 e. The lowest BCUT2D eigenvalue weighted by Gasteiger charge is -2.01. The first-order valence-corrected chi connectivity index (χ1v) is 6.23. The minimum absolute atomic E-state index is 0.348. The van der Waals surface area contributed by atoms with Gasteiger partial charge in [0.1, 0.15) is 5.21 Å². The minimum Gasteiger partial charge on any atom is -0.276 e. The Morgan fingerprint density at radius 1 is 1.64 bits per heavy atom. The van der Waals surface area contributed by atoms with Crippen LogP contribution in [-0.2, 0) is 23.5 Å². The maximum absolute atomic E-state index is 10.9. The summed E-state index contributed by atoms with van der Waals surface area (Å²) in [6.45, 7) is 0.348. The fourth-order valence-electron chi connectivity index (χ4n) is 0.990. The highest BCUT2D eigenvalue weighted by molar-refractivity contribution is 7.90. The molecule has 80 valence electrons. The Bertz CT molecular complexity index is 387. The van der Waals surface area contributed by atoms with Gasteiger partial charge < -0.3 is 0 Å². The molecule has 5 nitrogen and oxygen atoms in total. The Morgan fingerprint density at radius 2 is 2.36 bits per heavy atom. The molecule has 0 aromatic carbocycles. The summed E-state index contributed by atoms with van der Waals surface area (Å²) in [5, 5.41) is 3.56. The zero-order valence-corrected chi connectivity index (χ0v) is 9.35. The molecule has 0 unspecified atom stereocenters. The van der Waals surface area contributed by atoms with E-state index in [4.69, 9.17) is 11.6 Å². The summed E-state index contributed by atoms with van der Waals surface area (Å²) in [7, 11) is -1.48. The molecule has 1 aromatic heterocycles. The van der Waals surface area contributed by atoms with Crippen LogP contribution >= 0.6 is 11.6 Å². The molecule has 0 bridgehead atoms. The van der Waals surface area contributed by atoms with Crippen molar-refractivity contribution in [2.24, 2.45) is 7.05 Å². The van der Waals surface area contributed by atoms with E-state index in [1.54, 1.807) is 10.9 Å². The average Bonchev–Trinajstić information content (AvgIpc) is 2.51. The van der Waals surface area contributed by atoms with Crippen molar-refractivity contribution in [3.63, 3.8) is 0 Å². The van der Waals surface area contributed by atoms with Gasteiger partial charge in [-0.05, 0) is 12.0 Å². The van der Waals surface area contributed by atoms with E-state index >= 15 is 0 Å². The first-order chi connectivity index (χ1) is 6.53. The number of halogens is 1. The molecule has 0 spiro atoms. The summed E-state index contributed by atoms with van der Waals surface area (Å²) in [6.07, 6.45) is 4.16. The fraction of sp³-hybridized carbons (Fsp3) is 0.571. The predicted molar refractivity (Wildman–Crippen MR) is 54.6 cm³/mol. The molecule has 1 aromatic rings. The van der Waals surface area contributed by atoms with Crippen molar-refractivity contribution in [1.29, 1.82) is 0 Å². The molecule has 7 heteroatoms. The van der Waals surface area contributed by atoms with Gasteiger partial charge >= 0.3 is 0 Å². The third kappa shape index (κ3) is 3.65. The van der Waals surface area contributed by atoms with E-state index in [-0.39, 0.29) is 0 Å². The van der Waals surface area contributed by atoms with Gasteiger partial charge in [-0.3, -0.25) is 4.68 Å². The van der Waals surface area contributed by atoms with E-state index in [2.05, 4.69) is 9.82 Å². The molecule has 14 heavy (non-hydrogen) atoms. The van der Waals surface area contributed by atoms with E-state index in [0.717, 1.165) is 5.56 Å². The van der Waals surface area contributed by atoms with Gasteiger partial charge in [0.2, 0.25) is 10.0 Å². The highest BCUT2D eigenvalue weighted by Gasteiger charge is 2.06. The van der Waals surface area contributed by atoms with Crippen molar-refractivity contribution >= 4 is 21.6 Å². The molecule has 0 radical (unpaired) electrons. The molecular formula is C7H12ClN3O2S. The van der Waals surface area contributed by atoms with Crippen LogP contribution in [0.25, 0.3) is 0 Å². The monoisotopic (exact) mass is 237 g/mol. The second-order valence-electron chi connectivity index (χ2n) is 2.89. The number of alkyl halides is 1. The Morgan fingerprint density at radius 3 is 2.86 bits per heavy atom. The summed E-state index contributed by atoms with van der Waals surface area (Å²) in [6, 6.07) is 0. The Kier molecular flexibility index (Phi) is 3.91. The van der Waals surface area contributed by atoms with Crippen molar-refractivity contribution in [2.45, 2.75) is 6.42 Å². The van der Waals surface area contributed by atoms with Crippen LogP contribution in [0.1, 0.15) is 5.56 Å². The molecule has 1 N–H and O–H groups in total. The number of aryl methyl sites for hydroxylation is 1. The van der Waals surface area contributed by atoms with Gasteiger partial charge in [-0.25, -0.2) is 13.1 Å². The maximum Gasteiger partial charge on any atom is 0.225 e. The normalized spacial score (nSPS) is 11.9. The van der Waals surface area contributed by atoms with E-state index in [9.17, 15) is 8.42 Å². The van der Waals surface area contributed by atoms with Crippen LogP contribution in [-0.4, -0.2) is 30.0 Å². The van der Waals surface area contributed by atoms with Crippen LogP contribution in [0.3, 0.4) is 0 Å². The largest absolute Gasteiger partial charge is 0.276 e. The van der Waals surface area contributed by atoms with Crippen molar-refractivity contribution in [1.82, 2.24) is 14.5 Å². The molecule has 0 saturated carbocycles. The summed E-state index contributed by atoms with van der Waals surface area (Å²) < 4.78 is 25.9. The summed E-state index contributed by atoms with van der Waals surface area (Å²) in [5.74, 6) is 0. The molecule has 0 aliphatic rings. The van der Waals surface area contributed by atoms with Crippen molar-refractivity contribution in [3.8, 4) is 0 Å². The number of sulfonamides is 1. The van der Waals surface area contributed by atoms with Crippen molar-refractivity contribution < 1.29 is 8.42 Å². The molecule has 0 atom stereocenters. The fourth-order valence-corrected chi connectivity index (χ4v) is 1.71. The van der Waals surface area contributed by atoms with Crippen molar-refractivity contribution in [2.75, 3.05) is 11.8 Å². The lowest BCUT2D eigenvalue weighted by Crippen LogP contribution is -2.26. The van der Waals surface area contributed by atoms with E-state index in [1.165, 1.54) is 0 Å². The second kappa shape index (κ2) is 4.77. The van der Waals surface area contributed by atoms with Gasteiger partial charge in [-0.15, -0.1) is 11.6 Å². The molecule has 0 saturated heterocycles. The number of aromatic nitrogens is 2. The van der Waals surface area contributed by atoms with Crippen LogP contribution in [0.15, 0.2) is 12.4 Å². The van der Waals surface area contributed by atoms with Crippen LogP contribution in [0.4, 0.5) is 0 Å². The molecule has 0 aliphatic heterocycles. The average molecular weight is 238 g/mol. The predicted octanol–water partition coefficient (Wildman–Crippen LogP) is 0.0783. The van der Waals surface area contributed by atoms with Gasteiger partial charge in [0.15, 0.2) is 0 Å². The number of nitrogens with one attached hydrogen (secondary N) is 1. The maximum atomic E-state index is 10.9. The molecule has 0 fully saturated rings. The standard InChI is InChI=1S/C7H12ClN3O2S/c1-11-5-7(4-9-11)2-3-10-14(12,13)6-8/h4-5,10H,2-3,6H2,1H3. The van der Waals surface area contributed by atoms with Gasteiger partial charge in [-0.2, -0.15) is 5.10 Å². The SMILES string of the molecule is Cn1cc(CCNS(=O)(=O)CCl)cn1. The zero-order valence-electron chi connectivity index (χ0n) is 7.77. The quantitative estimate of drug-likeness (QED) is 0.738. The third-order valence-corrected chi connectivity index (χ3v) is 3.43. The highest BCUT2D eigenvalue weighted by atomic mass is 35.5.